The molecule has 0 aliphatic rings. The molecule has 0 aliphatic heterocycles. The first-order valence-corrected chi connectivity index (χ1v) is 5.28. The van der Waals surface area contributed by atoms with Crippen molar-refractivity contribution < 1.29 is 31.5 Å². The van der Waals surface area contributed by atoms with Gasteiger partial charge in [-0.05, 0) is 35.0 Å². The molecule has 100 valence electrons. The van der Waals surface area contributed by atoms with E-state index in [2.05, 4.69) is 20.7 Å². The molecule has 0 aromatic heterocycles. The Balaban J connectivity index is 3.42. The van der Waals surface area contributed by atoms with E-state index in [9.17, 15) is 26.7 Å². The minimum absolute atomic E-state index is 0.0429. The monoisotopic (exact) mass is 332 g/mol. The highest BCUT2D eigenvalue weighted by Crippen LogP contribution is 2.40. The zero-order valence-corrected chi connectivity index (χ0v) is 10.4. The van der Waals surface area contributed by atoms with Crippen LogP contribution in [0.15, 0.2) is 16.6 Å². The molecule has 0 spiro atoms. The fourth-order valence-electron chi connectivity index (χ4n) is 1.24. The number of ether oxygens (including phenoxy) is 1. The first kappa shape index (κ1) is 14.9. The number of Topliss-reactive ketones (excluding diaryl/α,β-unsaturated/α-hetero) is 1. The summed E-state index contributed by atoms with van der Waals surface area (Å²) in [7, 11) is 0. The molecule has 18 heavy (non-hydrogen) atoms. The van der Waals surface area contributed by atoms with Crippen LogP contribution in [0.3, 0.4) is 0 Å². The van der Waals surface area contributed by atoms with Crippen LogP contribution < -0.4 is 4.74 Å². The lowest BCUT2D eigenvalue weighted by Crippen LogP contribution is -2.13. The molecule has 1 aromatic rings. The molecule has 8 heteroatoms. The Morgan fingerprint density at radius 2 is 1.89 bits per heavy atom. The summed E-state index contributed by atoms with van der Waals surface area (Å²) in [6, 6.07) is 1.18. The average molecular weight is 333 g/mol. The number of hydrogen-bond acceptors (Lipinski definition) is 2. The minimum Gasteiger partial charge on any atom is -0.434 e. The van der Waals surface area contributed by atoms with Crippen molar-refractivity contribution in [2.24, 2.45) is 0 Å². The molecule has 0 N–H and O–H groups in total. The number of hydrogen-bond donors (Lipinski definition) is 0. The fourth-order valence-corrected chi connectivity index (χ4v) is 1.84. The van der Waals surface area contributed by atoms with Crippen LogP contribution in [0.4, 0.5) is 22.0 Å². The number of halogens is 6. The largest absolute Gasteiger partial charge is 0.434 e. The average Bonchev–Trinajstić information content (AvgIpc) is 2.13. The summed E-state index contributed by atoms with van der Waals surface area (Å²) in [5.41, 5.74) is -1.68. The zero-order chi connectivity index (χ0) is 14.1. The maximum Gasteiger partial charge on any atom is 0.419 e. The van der Waals surface area contributed by atoms with Gasteiger partial charge in [0.2, 0.25) is 0 Å². The Kier molecular flexibility index (Phi) is 4.31. The van der Waals surface area contributed by atoms with Crippen LogP contribution in [0.5, 0.6) is 5.75 Å². The summed E-state index contributed by atoms with van der Waals surface area (Å²) in [5.74, 6) is -1.66. The molecular weight excluding hydrogens is 327 g/mol. The van der Waals surface area contributed by atoms with E-state index in [1.165, 1.54) is 0 Å². The van der Waals surface area contributed by atoms with Crippen molar-refractivity contribution in [1.29, 1.82) is 0 Å². The highest BCUT2D eigenvalue weighted by atomic mass is 79.9. The van der Waals surface area contributed by atoms with E-state index in [0.717, 1.165) is 6.92 Å². The van der Waals surface area contributed by atoms with Gasteiger partial charge in [0, 0.05) is 10.0 Å². The maximum absolute atomic E-state index is 12.6. The number of rotatable bonds is 3. The molecule has 1 rings (SSSR count). The molecule has 0 bridgehead atoms. The van der Waals surface area contributed by atoms with Gasteiger partial charge in [-0.15, -0.1) is 0 Å². The van der Waals surface area contributed by atoms with Crippen molar-refractivity contribution in [3.8, 4) is 5.75 Å². The smallest absolute Gasteiger partial charge is 0.419 e. The standard InChI is InChI=1S/C10H6BrF5O2/c1-4(17)5-2-6(10(14,15)16)8(3-7(5)11)18-9(12)13/h2-3,9H,1H3. The molecule has 0 fully saturated rings. The third-order valence-electron chi connectivity index (χ3n) is 1.97. The predicted molar refractivity (Wildman–Crippen MR) is 55.8 cm³/mol. The van der Waals surface area contributed by atoms with Gasteiger partial charge in [0.25, 0.3) is 0 Å². The molecule has 1 aromatic carbocycles. The van der Waals surface area contributed by atoms with Gasteiger partial charge in [-0.2, -0.15) is 22.0 Å². The summed E-state index contributed by atoms with van der Waals surface area (Å²) in [4.78, 5) is 11.1. The van der Waals surface area contributed by atoms with Gasteiger partial charge in [-0.1, -0.05) is 0 Å². The third-order valence-corrected chi connectivity index (χ3v) is 2.63. The summed E-state index contributed by atoms with van der Waals surface area (Å²) in [6.07, 6.45) is -4.89. The molecular formula is C10H6BrF5O2. The lowest BCUT2D eigenvalue weighted by Gasteiger charge is -2.15. The molecule has 0 saturated carbocycles. The second-order valence-corrected chi connectivity index (χ2v) is 4.11. The maximum atomic E-state index is 12.6. The van der Waals surface area contributed by atoms with Gasteiger partial charge in [-0.3, -0.25) is 4.79 Å². The van der Waals surface area contributed by atoms with Crippen molar-refractivity contribution in [2.75, 3.05) is 0 Å². The van der Waals surface area contributed by atoms with E-state index >= 15 is 0 Å². The van der Waals surface area contributed by atoms with Crippen molar-refractivity contribution in [3.63, 3.8) is 0 Å². The first-order valence-electron chi connectivity index (χ1n) is 4.49. The predicted octanol–water partition coefficient (Wildman–Crippen LogP) is 4.27. The summed E-state index contributed by atoms with van der Waals surface area (Å²) in [5, 5.41) is 0. The Labute approximate surface area is 107 Å². The molecule has 0 saturated heterocycles. The SMILES string of the molecule is CC(=O)c1cc(C(F)(F)F)c(OC(F)F)cc1Br. The van der Waals surface area contributed by atoms with E-state index in [1.54, 1.807) is 0 Å². The summed E-state index contributed by atoms with van der Waals surface area (Å²) < 4.78 is 65.6. The van der Waals surface area contributed by atoms with Crippen molar-refractivity contribution in [1.82, 2.24) is 0 Å². The number of ketones is 1. The van der Waals surface area contributed by atoms with E-state index < -0.39 is 29.9 Å². The second-order valence-electron chi connectivity index (χ2n) is 3.26. The van der Waals surface area contributed by atoms with Crippen LogP contribution in [0.2, 0.25) is 0 Å². The fraction of sp³-hybridized carbons (Fsp3) is 0.300. The van der Waals surface area contributed by atoms with Gasteiger partial charge >= 0.3 is 12.8 Å². The lowest BCUT2D eigenvalue weighted by molar-refractivity contribution is -0.141. The van der Waals surface area contributed by atoms with Crippen LogP contribution in [-0.2, 0) is 6.18 Å². The van der Waals surface area contributed by atoms with Gasteiger partial charge in [0.1, 0.15) is 5.75 Å². The van der Waals surface area contributed by atoms with Crippen molar-refractivity contribution in [3.05, 3.63) is 27.7 Å². The van der Waals surface area contributed by atoms with Crippen molar-refractivity contribution in [2.45, 2.75) is 19.7 Å². The Morgan fingerprint density at radius 1 is 1.33 bits per heavy atom. The number of benzene rings is 1. The van der Waals surface area contributed by atoms with E-state index in [-0.39, 0.29) is 10.0 Å². The zero-order valence-electron chi connectivity index (χ0n) is 8.82. The number of carbonyl (C=O) groups excluding carboxylic acids is 1. The van der Waals surface area contributed by atoms with Crippen LogP contribution in [0.25, 0.3) is 0 Å². The number of alkyl halides is 5. The minimum atomic E-state index is -4.89. The van der Waals surface area contributed by atoms with E-state index in [1.807, 2.05) is 0 Å². The van der Waals surface area contributed by atoms with Crippen LogP contribution in [-0.4, -0.2) is 12.4 Å². The third kappa shape index (κ3) is 3.41. The van der Waals surface area contributed by atoms with E-state index in [4.69, 9.17) is 0 Å². The quantitative estimate of drug-likeness (QED) is 0.610. The Morgan fingerprint density at radius 3 is 2.28 bits per heavy atom. The first-order chi connectivity index (χ1) is 8.12. The topological polar surface area (TPSA) is 26.3 Å². The molecule has 0 aliphatic carbocycles. The lowest BCUT2D eigenvalue weighted by atomic mass is 10.1. The van der Waals surface area contributed by atoms with Crippen LogP contribution >= 0.6 is 15.9 Å². The van der Waals surface area contributed by atoms with Crippen LogP contribution in [0, 0.1) is 0 Å². The molecule has 0 amide bonds. The molecule has 0 atom stereocenters. The Hall–Kier alpha value is -1.18. The molecule has 0 radical (unpaired) electrons. The summed E-state index contributed by atoms with van der Waals surface area (Å²) in [6.45, 7) is -2.32. The molecule has 0 unspecified atom stereocenters. The normalized spacial score (nSPS) is 11.8. The van der Waals surface area contributed by atoms with Gasteiger partial charge in [0.05, 0.1) is 5.56 Å². The van der Waals surface area contributed by atoms with E-state index in [0.29, 0.717) is 12.1 Å². The highest BCUT2D eigenvalue weighted by Gasteiger charge is 2.36. The Bertz CT molecular complexity index is 470. The molecule has 0 heterocycles. The van der Waals surface area contributed by atoms with Gasteiger partial charge in [-0.25, -0.2) is 0 Å². The highest BCUT2D eigenvalue weighted by molar-refractivity contribution is 9.10. The van der Waals surface area contributed by atoms with Gasteiger partial charge < -0.3 is 4.74 Å². The molecule has 2 nitrogen and oxygen atoms in total. The summed E-state index contributed by atoms with van der Waals surface area (Å²) >= 11 is 2.83. The van der Waals surface area contributed by atoms with Crippen molar-refractivity contribution >= 4 is 21.7 Å². The van der Waals surface area contributed by atoms with Crippen LogP contribution in [0.1, 0.15) is 22.8 Å². The second kappa shape index (κ2) is 5.21. The van der Waals surface area contributed by atoms with Gasteiger partial charge in [0.15, 0.2) is 5.78 Å². The number of carbonyl (C=O) groups is 1.